The van der Waals surface area contributed by atoms with E-state index in [0.29, 0.717) is 12.2 Å². The molecule has 0 radical (unpaired) electrons. The molecule has 0 aliphatic carbocycles. The van der Waals surface area contributed by atoms with Crippen molar-refractivity contribution in [3.05, 3.63) is 106 Å². The van der Waals surface area contributed by atoms with Crippen LogP contribution in [-0.2, 0) is 25.8 Å². The zero-order valence-electron chi connectivity index (χ0n) is 22.1. The van der Waals surface area contributed by atoms with Gasteiger partial charge in [-0.05, 0) is 65.4 Å². The van der Waals surface area contributed by atoms with E-state index in [1.807, 2.05) is 42.5 Å². The molecule has 6 nitrogen and oxygen atoms in total. The van der Waals surface area contributed by atoms with E-state index in [0.717, 1.165) is 51.9 Å². The number of rotatable bonds is 10. The van der Waals surface area contributed by atoms with Crippen LogP contribution in [0, 0.1) is 11.6 Å². The van der Waals surface area contributed by atoms with Gasteiger partial charge in [0.1, 0.15) is 28.1 Å². The molecule has 1 amide bonds. The Morgan fingerprint density at radius 3 is 2.65 bits per heavy atom. The zero-order valence-corrected chi connectivity index (χ0v) is 23.0. The van der Waals surface area contributed by atoms with Gasteiger partial charge in [0.15, 0.2) is 0 Å². The standard InChI is InChI=1S/C31H31F2N3O3S/c1-2-19-4-3-5-20(10-19)16-36(17-28(37)26(34)13-21-11-24(32)15-25(33)12-21)31(38)27-18-40-30(35-27)23-6-7-29-22(14-23)8-9-39-29/h3-7,10-12,14-15,18,26,28,37H,2,8-9,13,16-17,34H2,1H3. The van der Waals surface area contributed by atoms with Crippen LogP contribution in [0.2, 0.25) is 0 Å². The van der Waals surface area contributed by atoms with Crippen LogP contribution in [0.25, 0.3) is 10.6 Å². The first-order chi connectivity index (χ1) is 19.3. The lowest BCUT2D eigenvalue weighted by Crippen LogP contribution is -2.46. The monoisotopic (exact) mass is 563 g/mol. The van der Waals surface area contributed by atoms with Gasteiger partial charge in [-0.25, -0.2) is 13.8 Å². The smallest absolute Gasteiger partial charge is 0.273 e. The second kappa shape index (κ2) is 12.2. The number of fused-ring (bicyclic) bond motifs is 1. The predicted octanol–water partition coefficient (Wildman–Crippen LogP) is 5.16. The minimum absolute atomic E-state index is 0.0477. The summed E-state index contributed by atoms with van der Waals surface area (Å²) in [6.07, 6.45) is 0.595. The van der Waals surface area contributed by atoms with E-state index < -0.39 is 23.8 Å². The summed E-state index contributed by atoms with van der Waals surface area (Å²) in [7, 11) is 0. The van der Waals surface area contributed by atoms with Crippen molar-refractivity contribution in [2.24, 2.45) is 5.73 Å². The van der Waals surface area contributed by atoms with Crippen molar-refractivity contribution < 1.29 is 23.4 Å². The molecular weight excluding hydrogens is 532 g/mol. The molecule has 2 unspecified atom stereocenters. The summed E-state index contributed by atoms with van der Waals surface area (Å²) >= 11 is 1.38. The minimum Gasteiger partial charge on any atom is -0.493 e. The lowest BCUT2D eigenvalue weighted by atomic mass is 10.0. The van der Waals surface area contributed by atoms with Gasteiger partial charge in [0.05, 0.1) is 12.7 Å². The molecule has 2 atom stereocenters. The van der Waals surface area contributed by atoms with Crippen LogP contribution in [0.1, 0.15) is 39.7 Å². The number of thiazole rings is 1. The normalized spacial score (nSPS) is 13.9. The summed E-state index contributed by atoms with van der Waals surface area (Å²) in [5, 5.41) is 13.4. The number of aliphatic hydroxyl groups is 1. The molecule has 2 heterocycles. The maximum Gasteiger partial charge on any atom is 0.273 e. The van der Waals surface area contributed by atoms with Gasteiger partial charge >= 0.3 is 0 Å². The van der Waals surface area contributed by atoms with E-state index in [-0.39, 0.29) is 31.1 Å². The van der Waals surface area contributed by atoms with E-state index in [9.17, 15) is 18.7 Å². The van der Waals surface area contributed by atoms with Gasteiger partial charge in [-0.1, -0.05) is 31.2 Å². The van der Waals surface area contributed by atoms with Crippen LogP contribution in [0.3, 0.4) is 0 Å². The third kappa shape index (κ3) is 6.55. The SMILES string of the molecule is CCc1cccc(CN(CC(O)C(N)Cc2cc(F)cc(F)c2)C(=O)c2csc(-c3ccc4c(c3)CCO4)n2)c1. The minimum atomic E-state index is -1.14. The number of aromatic nitrogens is 1. The lowest BCUT2D eigenvalue weighted by molar-refractivity contribution is 0.0550. The maximum absolute atomic E-state index is 13.7. The topological polar surface area (TPSA) is 88.7 Å². The van der Waals surface area contributed by atoms with E-state index in [1.54, 1.807) is 5.38 Å². The number of benzene rings is 3. The first-order valence-electron chi connectivity index (χ1n) is 13.3. The van der Waals surface area contributed by atoms with Gasteiger partial charge in [-0.3, -0.25) is 4.79 Å². The number of aryl methyl sites for hydroxylation is 1. The fourth-order valence-corrected chi connectivity index (χ4v) is 5.66. The number of carbonyl (C=O) groups is 1. The second-order valence-electron chi connectivity index (χ2n) is 10.0. The first kappa shape index (κ1) is 27.9. The number of halogens is 2. The van der Waals surface area contributed by atoms with Crippen LogP contribution in [-0.4, -0.2) is 46.2 Å². The number of hydrogen-bond acceptors (Lipinski definition) is 6. The molecule has 0 saturated carbocycles. The van der Waals surface area contributed by atoms with Crippen LogP contribution < -0.4 is 10.5 Å². The van der Waals surface area contributed by atoms with Crippen LogP contribution >= 0.6 is 11.3 Å². The lowest BCUT2D eigenvalue weighted by Gasteiger charge is -2.28. The molecule has 3 N–H and O–H groups in total. The molecular formula is C31H31F2N3O3S. The number of amides is 1. The molecule has 0 saturated heterocycles. The molecule has 1 aliphatic rings. The van der Waals surface area contributed by atoms with Gasteiger partial charge in [0.2, 0.25) is 0 Å². The van der Waals surface area contributed by atoms with Gasteiger partial charge in [-0.15, -0.1) is 11.3 Å². The molecule has 1 aromatic heterocycles. The average molecular weight is 564 g/mol. The summed E-state index contributed by atoms with van der Waals surface area (Å²) in [6.45, 7) is 2.89. The molecule has 9 heteroatoms. The molecule has 40 heavy (non-hydrogen) atoms. The molecule has 0 spiro atoms. The van der Waals surface area contributed by atoms with Gasteiger partial charge < -0.3 is 20.5 Å². The largest absolute Gasteiger partial charge is 0.493 e. The second-order valence-corrected chi connectivity index (χ2v) is 10.9. The molecule has 0 bridgehead atoms. The average Bonchev–Trinajstić information content (AvgIpc) is 3.61. The van der Waals surface area contributed by atoms with Crippen molar-refractivity contribution in [1.29, 1.82) is 0 Å². The van der Waals surface area contributed by atoms with E-state index in [1.165, 1.54) is 28.4 Å². The van der Waals surface area contributed by atoms with Crippen molar-refractivity contribution in [1.82, 2.24) is 9.88 Å². The zero-order chi connectivity index (χ0) is 28.2. The fraction of sp³-hybridized carbons (Fsp3) is 0.290. The van der Waals surface area contributed by atoms with Gasteiger partial charge in [0, 0.05) is 42.6 Å². The first-order valence-corrected chi connectivity index (χ1v) is 14.1. The summed E-state index contributed by atoms with van der Waals surface area (Å²) in [4.78, 5) is 19.9. The Bertz CT molecular complexity index is 1490. The number of nitrogens with zero attached hydrogens (tertiary/aromatic N) is 2. The van der Waals surface area contributed by atoms with E-state index >= 15 is 0 Å². The Morgan fingerprint density at radius 2 is 1.88 bits per heavy atom. The Labute approximate surface area is 236 Å². The number of nitrogens with two attached hydrogens (primary N) is 1. The molecule has 1 aliphatic heterocycles. The number of hydrogen-bond donors (Lipinski definition) is 2. The summed E-state index contributed by atoms with van der Waals surface area (Å²) in [5.74, 6) is -0.876. The van der Waals surface area contributed by atoms with Crippen molar-refractivity contribution in [3.8, 4) is 16.3 Å². The molecule has 208 valence electrons. The Morgan fingerprint density at radius 1 is 1.10 bits per heavy atom. The Hall–Kier alpha value is -3.66. The van der Waals surface area contributed by atoms with E-state index in [4.69, 9.17) is 10.5 Å². The number of carbonyl (C=O) groups excluding carboxylic acids is 1. The number of aliphatic hydroxyl groups excluding tert-OH is 1. The van der Waals surface area contributed by atoms with Crippen molar-refractivity contribution in [3.63, 3.8) is 0 Å². The summed E-state index contributed by atoms with van der Waals surface area (Å²) in [6, 6.07) is 16.1. The number of ether oxygens (including phenoxy) is 1. The van der Waals surface area contributed by atoms with Crippen LogP contribution in [0.5, 0.6) is 5.75 Å². The van der Waals surface area contributed by atoms with Crippen LogP contribution in [0.15, 0.2) is 66.0 Å². The highest BCUT2D eigenvalue weighted by Gasteiger charge is 2.26. The third-order valence-electron chi connectivity index (χ3n) is 7.02. The van der Waals surface area contributed by atoms with Gasteiger partial charge in [-0.2, -0.15) is 0 Å². The molecule has 5 rings (SSSR count). The highest BCUT2D eigenvalue weighted by Crippen LogP contribution is 2.32. The maximum atomic E-state index is 13.7. The van der Waals surface area contributed by atoms with Crippen molar-refractivity contribution in [2.75, 3.05) is 13.2 Å². The third-order valence-corrected chi connectivity index (χ3v) is 7.91. The molecule has 0 fully saturated rings. The Balaban J connectivity index is 1.36. The predicted molar refractivity (Wildman–Crippen MR) is 151 cm³/mol. The highest BCUT2D eigenvalue weighted by atomic mass is 32.1. The van der Waals surface area contributed by atoms with Crippen molar-refractivity contribution in [2.45, 2.75) is 44.9 Å². The van der Waals surface area contributed by atoms with Crippen molar-refractivity contribution >= 4 is 17.2 Å². The molecule has 4 aromatic rings. The Kier molecular flexibility index (Phi) is 8.54. The molecule has 3 aromatic carbocycles. The van der Waals surface area contributed by atoms with Crippen LogP contribution in [0.4, 0.5) is 8.78 Å². The fourth-order valence-electron chi connectivity index (χ4n) is 4.87. The summed E-state index contributed by atoms with van der Waals surface area (Å²) < 4.78 is 32.9. The van der Waals surface area contributed by atoms with E-state index in [2.05, 4.69) is 11.9 Å². The van der Waals surface area contributed by atoms with Gasteiger partial charge in [0.25, 0.3) is 5.91 Å². The quantitative estimate of drug-likeness (QED) is 0.278. The summed E-state index contributed by atoms with van der Waals surface area (Å²) in [5.41, 5.74) is 10.9. The highest BCUT2D eigenvalue weighted by molar-refractivity contribution is 7.13.